The summed E-state index contributed by atoms with van der Waals surface area (Å²) in [7, 11) is 0. The van der Waals surface area contributed by atoms with Gasteiger partial charge < -0.3 is 10.3 Å². The molecule has 0 aliphatic rings. The number of imidazole rings is 1. The first-order chi connectivity index (χ1) is 7.30. The van der Waals surface area contributed by atoms with Gasteiger partial charge in [-0.25, -0.2) is 4.98 Å². The Balaban J connectivity index is 2.84. The van der Waals surface area contributed by atoms with Gasteiger partial charge in [-0.15, -0.1) is 0 Å². The Hall–Kier alpha value is -1.51. The number of hydrogen-bond donors (Lipinski definition) is 1. The van der Waals surface area contributed by atoms with Gasteiger partial charge in [0.2, 0.25) is 5.95 Å². The third-order valence-corrected chi connectivity index (χ3v) is 2.97. The van der Waals surface area contributed by atoms with Crippen molar-refractivity contribution in [1.29, 1.82) is 0 Å². The molecule has 3 heteroatoms. The topological polar surface area (TPSA) is 43.8 Å². The van der Waals surface area contributed by atoms with Gasteiger partial charge in [-0.1, -0.05) is 0 Å². The standard InChI is InChI=1S/C13H19N3/c1-8-6-10-11(7-9(8)2)16(12(14)15-10)13(3,4)5/h6-7H,1-5H3,(H2,14,15). The second-order valence-corrected chi connectivity index (χ2v) is 5.40. The molecule has 0 saturated carbocycles. The average molecular weight is 217 g/mol. The molecule has 2 N–H and O–H groups in total. The van der Waals surface area contributed by atoms with Crippen LogP contribution in [0.3, 0.4) is 0 Å². The van der Waals surface area contributed by atoms with Crippen molar-refractivity contribution in [3.05, 3.63) is 23.3 Å². The molecule has 2 aromatic rings. The molecule has 0 atom stereocenters. The van der Waals surface area contributed by atoms with Crippen molar-refractivity contribution in [2.75, 3.05) is 5.73 Å². The van der Waals surface area contributed by atoms with E-state index in [1.807, 2.05) is 0 Å². The van der Waals surface area contributed by atoms with Crippen LogP contribution >= 0.6 is 0 Å². The second-order valence-electron chi connectivity index (χ2n) is 5.40. The Morgan fingerprint density at radius 3 is 2.25 bits per heavy atom. The fourth-order valence-electron chi connectivity index (χ4n) is 2.06. The molecule has 0 amide bonds. The molecule has 1 aromatic carbocycles. The van der Waals surface area contributed by atoms with Crippen LogP contribution in [0.25, 0.3) is 11.0 Å². The molecular formula is C13H19N3. The molecule has 0 aliphatic carbocycles. The average Bonchev–Trinajstić information content (AvgIpc) is 2.40. The highest BCUT2D eigenvalue weighted by molar-refractivity contribution is 5.80. The van der Waals surface area contributed by atoms with Crippen molar-refractivity contribution in [1.82, 2.24) is 9.55 Å². The van der Waals surface area contributed by atoms with Gasteiger partial charge in [0.1, 0.15) is 0 Å². The maximum absolute atomic E-state index is 5.99. The van der Waals surface area contributed by atoms with E-state index in [0.29, 0.717) is 5.95 Å². The van der Waals surface area contributed by atoms with E-state index < -0.39 is 0 Å². The van der Waals surface area contributed by atoms with Gasteiger partial charge in [0, 0.05) is 5.54 Å². The third-order valence-electron chi connectivity index (χ3n) is 2.97. The number of hydrogen-bond acceptors (Lipinski definition) is 2. The van der Waals surface area contributed by atoms with E-state index in [-0.39, 0.29) is 5.54 Å². The summed E-state index contributed by atoms with van der Waals surface area (Å²) in [5, 5.41) is 0. The molecule has 0 radical (unpaired) electrons. The van der Waals surface area contributed by atoms with Gasteiger partial charge in [-0.2, -0.15) is 0 Å². The lowest BCUT2D eigenvalue weighted by molar-refractivity contribution is 0.414. The normalized spacial score (nSPS) is 12.3. The van der Waals surface area contributed by atoms with Crippen LogP contribution in [0.5, 0.6) is 0 Å². The number of aromatic nitrogens is 2. The summed E-state index contributed by atoms with van der Waals surface area (Å²) in [5.74, 6) is 0.590. The minimum Gasteiger partial charge on any atom is -0.369 e. The Bertz CT molecular complexity index is 544. The maximum Gasteiger partial charge on any atom is 0.201 e. The molecule has 0 fully saturated rings. The lowest BCUT2D eigenvalue weighted by Crippen LogP contribution is -2.23. The fraction of sp³-hybridized carbons (Fsp3) is 0.462. The molecule has 0 spiro atoms. The number of anilines is 1. The van der Waals surface area contributed by atoms with Crippen molar-refractivity contribution in [3.8, 4) is 0 Å². The van der Waals surface area contributed by atoms with E-state index >= 15 is 0 Å². The molecule has 1 heterocycles. The van der Waals surface area contributed by atoms with Crippen LogP contribution in [0.1, 0.15) is 31.9 Å². The molecule has 86 valence electrons. The second kappa shape index (κ2) is 3.24. The molecule has 2 rings (SSSR count). The molecule has 0 unspecified atom stereocenters. The van der Waals surface area contributed by atoms with Gasteiger partial charge in [0.25, 0.3) is 0 Å². The third kappa shape index (κ3) is 1.56. The lowest BCUT2D eigenvalue weighted by Gasteiger charge is -2.23. The van der Waals surface area contributed by atoms with Crippen molar-refractivity contribution in [2.45, 2.75) is 40.2 Å². The zero-order chi connectivity index (χ0) is 12.1. The monoisotopic (exact) mass is 217 g/mol. The number of aryl methyl sites for hydroxylation is 2. The van der Waals surface area contributed by atoms with E-state index in [9.17, 15) is 0 Å². The summed E-state index contributed by atoms with van der Waals surface area (Å²) in [6, 6.07) is 4.27. The molecular weight excluding hydrogens is 198 g/mol. The minimum atomic E-state index is -0.0411. The maximum atomic E-state index is 5.99. The molecule has 1 aromatic heterocycles. The van der Waals surface area contributed by atoms with Crippen molar-refractivity contribution >= 4 is 17.0 Å². The molecule has 0 bridgehead atoms. The number of benzene rings is 1. The molecule has 0 saturated heterocycles. The van der Waals surface area contributed by atoms with Crippen LogP contribution in [-0.2, 0) is 5.54 Å². The van der Waals surface area contributed by atoms with Crippen LogP contribution in [0.15, 0.2) is 12.1 Å². The summed E-state index contributed by atoms with van der Waals surface area (Å²) in [6.45, 7) is 10.6. The van der Waals surface area contributed by atoms with E-state index in [1.165, 1.54) is 11.1 Å². The highest BCUT2D eigenvalue weighted by Gasteiger charge is 2.20. The Morgan fingerprint density at radius 2 is 1.69 bits per heavy atom. The van der Waals surface area contributed by atoms with Gasteiger partial charge >= 0.3 is 0 Å². The first-order valence-corrected chi connectivity index (χ1v) is 5.56. The first-order valence-electron chi connectivity index (χ1n) is 5.56. The summed E-state index contributed by atoms with van der Waals surface area (Å²) in [5.41, 5.74) is 10.6. The first kappa shape index (κ1) is 11.0. The summed E-state index contributed by atoms with van der Waals surface area (Å²) in [6.07, 6.45) is 0. The fourth-order valence-corrected chi connectivity index (χ4v) is 2.06. The predicted octanol–water partition coefficient (Wildman–Crippen LogP) is 2.99. The van der Waals surface area contributed by atoms with Crippen molar-refractivity contribution < 1.29 is 0 Å². The number of nitrogens with two attached hydrogens (primary N) is 1. The van der Waals surface area contributed by atoms with Crippen LogP contribution < -0.4 is 5.73 Å². The molecule has 0 aliphatic heterocycles. The van der Waals surface area contributed by atoms with E-state index in [4.69, 9.17) is 5.73 Å². The summed E-state index contributed by atoms with van der Waals surface area (Å²) < 4.78 is 2.09. The molecule has 16 heavy (non-hydrogen) atoms. The van der Waals surface area contributed by atoms with E-state index in [2.05, 4.69) is 56.3 Å². The van der Waals surface area contributed by atoms with Gasteiger partial charge in [0.05, 0.1) is 11.0 Å². The van der Waals surface area contributed by atoms with Gasteiger partial charge in [0.15, 0.2) is 0 Å². The highest BCUT2D eigenvalue weighted by atomic mass is 15.2. The number of nitrogens with zero attached hydrogens (tertiary/aromatic N) is 2. The Morgan fingerprint density at radius 1 is 1.12 bits per heavy atom. The molecule has 3 nitrogen and oxygen atoms in total. The SMILES string of the molecule is Cc1cc2nc(N)n(C(C)(C)C)c2cc1C. The predicted molar refractivity (Wildman–Crippen MR) is 68.6 cm³/mol. The van der Waals surface area contributed by atoms with Gasteiger partial charge in [-0.05, 0) is 57.9 Å². The summed E-state index contributed by atoms with van der Waals surface area (Å²) >= 11 is 0. The Labute approximate surface area is 96.3 Å². The Kier molecular flexibility index (Phi) is 2.22. The highest BCUT2D eigenvalue weighted by Crippen LogP contribution is 2.28. The van der Waals surface area contributed by atoms with Crippen LogP contribution in [0, 0.1) is 13.8 Å². The quantitative estimate of drug-likeness (QED) is 0.737. The number of rotatable bonds is 0. The van der Waals surface area contributed by atoms with Crippen LogP contribution in [0.2, 0.25) is 0 Å². The minimum absolute atomic E-state index is 0.0411. The number of fused-ring (bicyclic) bond motifs is 1. The van der Waals surface area contributed by atoms with Crippen LogP contribution in [-0.4, -0.2) is 9.55 Å². The largest absolute Gasteiger partial charge is 0.369 e. The zero-order valence-electron chi connectivity index (χ0n) is 10.6. The van der Waals surface area contributed by atoms with Crippen LogP contribution in [0.4, 0.5) is 5.95 Å². The number of nitrogen functional groups attached to an aromatic ring is 1. The van der Waals surface area contributed by atoms with Crippen molar-refractivity contribution in [3.63, 3.8) is 0 Å². The van der Waals surface area contributed by atoms with E-state index in [0.717, 1.165) is 11.0 Å². The van der Waals surface area contributed by atoms with Gasteiger partial charge in [-0.3, -0.25) is 0 Å². The lowest BCUT2D eigenvalue weighted by atomic mass is 10.1. The summed E-state index contributed by atoms with van der Waals surface area (Å²) in [4.78, 5) is 4.42. The van der Waals surface area contributed by atoms with Crippen molar-refractivity contribution in [2.24, 2.45) is 0 Å². The smallest absolute Gasteiger partial charge is 0.201 e. The zero-order valence-corrected chi connectivity index (χ0v) is 10.6. The van der Waals surface area contributed by atoms with E-state index in [1.54, 1.807) is 0 Å².